The van der Waals surface area contributed by atoms with E-state index in [9.17, 15) is 0 Å². The van der Waals surface area contributed by atoms with Crippen LogP contribution in [-0.4, -0.2) is 30.3 Å². The number of hydrogen-bond acceptors (Lipinski definition) is 3. The summed E-state index contributed by atoms with van der Waals surface area (Å²) >= 11 is 0. The summed E-state index contributed by atoms with van der Waals surface area (Å²) in [6.07, 6.45) is 5.17. The van der Waals surface area contributed by atoms with Crippen LogP contribution in [0.2, 0.25) is 0 Å². The van der Waals surface area contributed by atoms with E-state index >= 15 is 0 Å². The van der Waals surface area contributed by atoms with Crippen molar-refractivity contribution in [2.75, 3.05) is 20.3 Å². The first-order chi connectivity index (χ1) is 4.86. The van der Waals surface area contributed by atoms with Crippen LogP contribution in [0.4, 0.5) is 0 Å². The summed E-state index contributed by atoms with van der Waals surface area (Å²) in [6, 6.07) is 0. The van der Waals surface area contributed by atoms with E-state index in [1.54, 1.807) is 12.2 Å². The molecule has 0 aromatic rings. The van der Waals surface area contributed by atoms with Gasteiger partial charge in [-0.3, -0.25) is 4.84 Å². The second-order valence-corrected chi connectivity index (χ2v) is 2.35. The van der Waals surface area contributed by atoms with Gasteiger partial charge in [0.1, 0.15) is 6.67 Å². The van der Waals surface area contributed by atoms with Crippen LogP contribution in [0.1, 0.15) is 13.3 Å². The van der Waals surface area contributed by atoms with Crippen LogP contribution in [0.3, 0.4) is 0 Å². The molecule has 1 heterocycles. The number of nitrogens with zero attached hydrogens (tertiary/aromatic N) is 2. The highest BCUT2D eigenvalue weighted by atomic mass is 16.7. The topological polar surface area (TPSA) is 15.7 Å². The average Bonchev–Trinajstić information content (AvgIpc) is 2.37. The van der Waals surface area contributed by atoms with Crippen molar-refractivity contribution in [2.45, 2.75) is 13.3 Å². The monoisotopic (exact) mass is 142 g/mol. The Balaban J connectivity index is 2.24. The lowest BCUT2D eigenvalue weighted by molar-refractivity contribution is -0.0977. The summed E-state index contributed by atoms with van der Waals surface area (Å²) in [5.41, 5.74) is 0. The Kier molecular flexibility index (Phi) is 2.57. The molecule has 0 spiro atoms. The maximum Gasteiger partial charge on any atom is 0.115 e. The average molecular weight is 142 g/mol. The van der Waals surface area contributed by atoms with Gasteiger partial charge in [0, 0.05) is 18.9 Å². The largest absolute Gasteiger partial charge is 0.357 e. The molecule has 1 aliphatic rings. The molecule has 3 heteroatoms. The minimum Gasteiger partial charge on any atom is -0.357 e. The van der Waals surface area contributed by atoms with Gasteiger partial charge in [-0.15, -0.1) is 0 Å². The Hall–Kier alpha value is -0.700. The lowest BCUT2D eigenvalue weighted by Gasteiger charge is -2.17. The van der Waals surface area contributed by atoms with E-state index in [-0.39, 0.29) is 0 Å². The third-order valence-corrected chi connectivity index (χ3v) is 1.51. The molecular formula is C7H14N2O. The molecule has 0 aromatic carbocycles. The molecule has 3 nitrogen and oxygen atoms in total. The lowest BCUT2D eigenvalue weighted by Crippen LogP contribution is -2.24. The van der Waals surface area contributed by atoms with Crippen LogP contribution >= 0.6 is 0 Å². The highest BCUT2D eigenvalue weighted by Gasteiger charge is 2.08. The summed E-state index contributed by atoms with van der Waals surface area (Å²) in [5, 5.41) is 1.80. The van der Waals surface area contributed by atoms with Gasteiger partial charge in [0.05, 0.1) is 7.11 Å². The van der Waals surface area contributed by atoms with Gasteiger partial charge in [-0.1, -0.05) is 6.92 Å². The van der Waals surface area contributed by atoms with Crippen LogP contribution in [-0.2, 0) is 4.84 Å². The lowest BCUT2D eigenvalue weighted by atomic mass is 10.4. The van der Waals surface area contributed by atoms with Crippen molar-refractivity contribution in [3.63, 3.8) is 0 Å². The smallest absolute Gasteiger partial charge is 0.115 e. The normalized spacial score (nSPS) is 17.0. The zero-order chi connectivity index (χ0) is 7.40. The van der Waals surface area contributed by atoms with E-state index in [4.69, 9.17) is 4.84 Å². The van der Waals surface area contributed by atoms with E-state index in [1.165, 1.54) is 6.42 Å². The molecule has 58 valence electrons. The van der Waals surface area contributed by atoms with Gasteiger partial charge in [0.25, 0.3) is 0 Å². The highest BCUT2D eigenvalue weighted by molar-refractivity contribution is 4.86. The summed E-state index contributed by atoms with van der Waals surface area (Å²) in [5.74, 6) is 0. The summed E-state index contributed by atoms with van der Waals surface area (Å²) < 4.78 is 0. The Morgan fingerprint density at radius 1 is 1.50 bits per heavy atom. The molecule has 10 heavy (non-hydrogen) atoms. The van der Waals surface area contributed by atoms with Gasteiger partial charge in [-0.2, -0.15) is 0 Å². The summed E-state index contributed by atoms with van der Waals surface area (Å²) in [6.45, 7) is 4.14. The molecule has 0 saturated carbocycles. The third kappa shape index (κ3) is 1.64. The summed E-state index contributed by atoms with van der Waals surface area (Å²) in [4.78, 5) is 7.20. The number of rotatable bonds is 3. The Morgan fingerprint density at radius 2 is 2.30 bits per heavy atom. The molecule has 0 saturated heterocycles. The fraction of sp³-hybridized carbons (Fsp3) is 0.714. The van der Waals surface area contributed by atoms with Gasteiger partial charge < -0.3 is 4.90 Å². The molecule has 0 radical (unpaired) electrons. The Bertz CT molecular complexity index is 125. The van der Waals surface area contributed by atoms with E-state index in [2.05, 4.69) is 11.8 Å². The van der Waals surface area contributed by atoms with Crippen molar-refractivity contribution in [3.8, 4) is 0 Å². The van der Waals surface area contributed by atoms with Crippen molar-refractivity contribution in [1.29, 1.82) is 0 Å². The molecule has 0 atom stereocenters. The molecule has 0 N–H and O–H groups in total. The van der Waals surface area contributed by atoms with Crippen LogP contribution in [0.5, 0.6) is 0 Å². The highest BCUT2D eigenvalue weighted by Crippen LogP contribution is 2.05. The third-order valence-electron chi connectivity index (χ3n) is 1.51. The maximum atomic E-state index is 4.99. The van der Waals surface area contributed by atoms with E-state index < -0.39 is 0 Å². The van der Waals surface area contributed by atoms with Crippen LogP contribution < -0.4 is 0 Å². The minimum absolute atomic E-state index is 0.865. The molecule has 1 aliphatic heterocycles. The van der Waals surface area contributed by atoms with Gasteiger partial charge in [0.2, 0.25) is 0 Å². The zero-order valence-corrected chi connectivity index (χ0v) is 6.58. The van der Waals surface area contributed by atoms with Gasteiger partial charge >= 0.3 is 0 Å². The van der Waals surface area contributed by atoms with Crippen LogP contribution in [0.15, 0.2) is 12.4 Å². The predicted molar refractivity (Wildman–Crippen MR) is 39.9 cm³/mol. The molecule has 0 aliphatic carbocycles. The molecule has 0 bridgehead atoms. The van der Waals surface area contributed by atoms with E-state index in [1.807, 2.05) is 12.4 Å². The van der Waals surface area contributed by atoms with Gasteiger partial charge in [0.15, 0.2) is 0 Å². The van der Waals surface area contributed by atoms with Crippen LogP contribution in [0.25, 0.3) is 0 Å². The SMILES string of the molecule is CCCN1C=CN(OC)C1. The predicted octanol–water partition coefficient (Wildman–Crippen LogP) is 1.00. The number of hydroxylamine groups is 2. The van der Waals surface area contributed by atoms with Crippen molar-refractivity contribution >= 4 is 0 Å². The molecule has 0 fully saturated rings. The quantitative estimate of drug-likeness (QED) is 0.584. The first-order valence-electron chi connectivity index (χ1n) is 3.60. The Labute approximate surface area is 61.8 Å². The maximum absolute atomic E-state index is 4.99. The van der Waals surface area contributed by atoms with Crippen LogP contribution in [0, 0.1) is 0 Å². The molecule has 1 rings (SSSR count). The standard InChI is InChI=1S/C7H14N2O/c1-3-4-8-5-6-9(7-8)10-2/h5-6H,3-4,7H2,1-2H3. The fourth-order valence-corrected chi connectivity index (χ4v) is 0.993. The van der Waals surface area contributed by atoms with Crippen molar-refractivity contribution in [1.82, 2.24) is 9.96 Å². The van der Waals surface area contributed by atoms with Crippen molar-refractivity contribution in [3.05, 3.63) is 12.4 Å². The van der Waals surface area contributed by atoms with E-state index in [0.717, 1.165) is 13.2 Å². The number of hydrogen-bond donors (Lipinski definition) is 0. The molecule has 0 amide bonds. The minimum atomic E-state index is 0.865. The molecule has 0 unspecified atom stereocenters. The fourth-order valence-electron chi connectivity index (χ4n) is 0.993. The second kappa shape index (κ2) is 3.46. The molecular weight excluding hydrogens is 128 g/mol. The van der Waals surface area contributed by atoms with Crippen molar-refractivity contribution in [2.24, 2.45) is 0 Å². The summed E-state index contributed by atoms with van der Waals surface area (Å²) in [7, 11) is 1.68. The second-order valence-electron chi connectivity index (χ2n) is 2.35. The first kappa shape index (κ1) is 7.41. The van der Waals surface area contributed by atoms with Crippen molar-refractivity contribution < 1.29 is 4.84 Å². The van der Waals surface area contributed by atoms with E-state index in [0.29, 0.717) is 0 Å². The zero-order valence-electron chi connectivity index (χ0n) is 6.58. The Morgan fingerprint density at radius 3 is 2.80 bits per heavy atom. The van der Waals surface area contributed by atoms with Gasteiger partial charge in [-0.25, -0.2) is 5.06 Å². The molecule has 0 aromatic heterocycles. The van der Waals surface area contributed by atoms with Gasteiger partial charge in [-0.05, 0) is 6.42 Å². The first-order valence-corrected chi connectivity index (χ1v) is 3.60.